The second kappa shape index (κ2) is 7.63. The molecule has 9 heteroatoms. The fourth-order valence-corrected chi connectivity index (χ4v) is 2.93. The van der Waals surface area contributed by atoms with Crippen LogP contribution in [0.5, 0.6) is 0 Å². The number of aromatic nitrogens is 4. The number of benzene rings is 2. The molecular formula is C20H15F2N5O2. The Morgan fingerprint density at radius 1 is 1.00 bits per heavy atom. The van der Waals surface area contributed by atoms with E-state index in [4.69, 9.17) is 0 Å². The van der Waals surface area contributed by atoms with E-state index in [1.807, 2.05) is 30.3 Å². The second-order valence-electron chi connectivity index (χ2n) is 6.39. The summed E-state index contributed by atoms with van der Waals surface area (Å²) in [5.74, 6) is -1.27. The number of hydrogen-bond donors (Lipinski definition) is 2. The summed E-state index contributed by atoms with van der Waals surface area (Å²) >= 11 is 0. The smallest absolute Gasteiger partial charge is 0.330 e. The minimum absolute atomic E-state index is 0.0650. The molecule has 0 fully saturated rings. The third-order valence-corrected chi connectivity index (χ3v) is 4.29. The van der Waals surface area contributed by atoms with Gasteiger partial charge in [0.05, 0.1) is 6.54 Å². The van der Waals surface area contributed by atoms with Crippen LogP contribution in [0, 0.1) is 11.6 Å². The van der Waals surface area contributed by atoms with Gasteiger partial charge < -0.3 is 5.32 Å². The van der Waals surface area contributed by atoms with Gasteiger partial charge in [-0.25, -0.2) is 18.6 Å². The molecule has 0 saturated carbocycles. The van der Waals surface area contributed by atoms with E-state index in [2.05, 4.69) is 20.3 Å². The number of aromatic amines is 1. The Morgan fingerprint density at radius 3 is 2.45 bits per heavy atom. The molecule has 0 bridgehead atoms. The van der Waals surface area contributed by atoms with Crippen LogP contribution >= 0.6 is 0 Å². The molecule has 0 atom stereocenters. The zero-order chi connectivity index (χ0) is 20.4. The molecule has 2 heterocycles. The van der Waals surface area contributed by atoms with Gasteiger partial charge in [-0.1, -0.05) is 30.3 Å². The van der Waals surface area contributed by atoms with Crippen LogP contribution in [0.15, 0.2) is 64.3 Å². The molecule has 2 aromatic heterocycles. The first kappa shape index (κ1) is 18.5. The van der Waals surface area contributed by atoms with Crippen molar-refractivity contribution in [1.29, 1.82) is 0 Å². The lowest BCUT2D eigenvalue weighted by Gasteiger charge is -2.08. The van der Waals surface area contributed by atoms with E-state index in [0.717, 1.165) is 16.2 Å². The van der Waals surface area contributed by atoms with Gasteiger partial charge in [0.15, 0.2) is 5.65 Å². The molecule has 0 spiro atoms. The number of halogens is 2. The van der Waals surface area contributed by atoms with Crippen molar-refractivity contribution >= 4 is 17.0 Å². The van der Waals surface area contributed by atoms with Crippen molar-refractivity contribution in [1.82, 2.24) is 19.5 Å². The van der Waals surface area contributed by atoms with Gasteiger partial charge in [-0.05, 0) is 23.3 Å². The predicted octanol–water partition coefficient (Wildman–Crippen LogP) is 2.42. The van der Waals surface area contributed by atoms with Crippen LogP contribution in [0.4, 0.5) is 14.7 Å². The first-order chi connectivity index (χ1) is 14.0. The topological polar surface area (TPSA) is 92.7 Å². The number of rotatable bonds is 5. The molecule has 0 unspecified atom stereocenters. The highest BCUT2D eigenvalue weighted by Gasteiger charge is 2.11. The highest BCUT2D eigenvalue weighted by atomic mass is 19.1. The molecule has 4 rings (SSSR count). The summed E-state index contributed by atoms with van der Waals surface area (Å²) in [6, 6.07) is 12.3. The molecule has 0 aliphatic carbocycles. The van der Waals surface area contributed by atoms with Gasteiger partial charge in [-0.2, -0.15) is 4.98 Å². The standard InChI is InChI=1S/C20H15F2N5O2/c21-14-6-13(7-15(22)8-14)9-23-19-24-10-16-17(25-19)26-20(29)27(18(16)28)11-12-4-2-1-3-5-12/h1-8,10H,9,11H2,(H2,23,24,25,26,29). The van der Waals surface area contributed by atoms with Gasteiger partial charge in [0, 0.05) is 18.8 Å². The summed E-state index contributed by atoms with van der Waals surface area (Å²) in [5, 5.41) is 2.97. The molecule has 0 aliphatic rings. The van der Waals surface area contributed by atoms with E-state index in [0.29, 0.717) is 5.56 Å². The summed E-state index contributed by atoms with van der Waals surface area (Å²) < 4.78 is 27.6. The summed E-state index contributed by atoms with van der Waals surface area (Å²) in [4.78, 5) is 35.8. The normalized spacial score (nSPS) is 11.0. The fourth-order valence-electron chi connectivity index (χ4n) is 2.93. The van der Waals surface area contributed by atoms with Crippen molar-refractivity contribution in [3.05, 3.63) is 98.3 Å². The van der Waals surface area contributed by atoms with Crippen molar-refractivity contribution in [2.24, 2.45) is 0 Å². The SMILES string of the molecule is O=c1[nH]c2nc(NCc3cc(F)cc(F)c3)ncc2c(=O)n1Cc1ccccc1. The van der Waals surface area contributed by atoms with Crippen molar-refractivity contribution < 1.29 is 8.78 Å². The Kier molecular flexibility index (Phi) is 4.86. The molecule has 2 aromatic carbocycles. The Morgan fingerprint density at radius 2 is 1.72 bits per heavy atom. The largest absolute Gasteiger partial charge is 0.350 e. The Bertz CT molecular complexity index is 1280. The minimum Gasteiger partial charge on any atom is -0.350 e. The Hall–Kier alpha value is -3.88. The van der Waals surface area contributed by atoms with Crippen LogP contribution in [-0.4, -0.2) is 19.5 Å². The first-order valence-electron chi connectivity index (χ1n) is 8.72. The van der Waals surface area contributed by atoms with Gasteiger partial charge in [-0.3, -0.25) is 14.3 Å². The van der Waals surface area contributed by atoms with Crippen LogP contribution in [0.3, 0.4) is 0 Å². The van der Waals surface area contributed by atoms with Crippen LogP contribution < -0.4 is 16.6 Å². The second-order valence-corrected chi connectivity index (χ2v) is 6.39. The lowest BCUT2D eigenvalue weighted by molar-refractivity contribution is 0.580. The molecule has 0 saturated heterocycles. The fraction of sp³-hybridized carbons (Fsp3) is 0.100. The van der Waals surface area contributed by atoms with Crippen molar-refractivity contribution in [2.75, 3.05) is 5.32 Å². The maximum absolute atomic E-state index is 13.3. The number of H-pyrrole nitrogens is 1. The number of nitrogens with zero attached hydrogens (tertiary/aromatic N) is 3. The van der Waals surface area contributed by atoms with E-state index in [9.17, 15) is 18.4 Å². The first-order valence-corrected chi connectivity index (χ1v) is 8.72. The molecule has 29 heavy (non-hydrogen) atoms. The van der Waals surface area contributed by atoms with E-state index in [1.165, 1.54) is 18.3 Å². The molecule has 0 amide bonds. The average Bonchev–Trinajstić information content (AvgIpc) is 2.69. The zero-order valence-corrected chi connectivity index (χ0v) is 15.0. The monoisotopic (exact) mass is 395 g/mol. The van der Waals surface area contributed by atoms with E-state index < -0.39 is 22.9 Å². The van der Waals surface area contributed by atoms with Gasteiger partial charge in [0.1, 0.15) is 17.0 Å². The third kappa shape index (κ3) is 4.03. The van der Waals surface area contributed by atoms with E-state index in [-0.39, 0.29) is 30.1 Å². The molecule has 0 radical (unpaired) electrons. The summed E-state index contributed by atoms with van der Waals surface area (Å²) in [6.45, 7) is 0.186. The maximum atomic E-state index is 13.3. The quantitative estimate of drug-likeness (QED) is 0.541. The minimum atomic E-state index is -0.690. The van der Waals surface area contributed by atoms with Gasteiger partial charge in [0.2, 0.25) is 5.95 Å². The number of fused-ring (bicyclic) bond motifs is 1. The Balaban J connectivity index is 1.62. The summed E-state index contributed by atoms with van der Waals surface area (Å²) in [7, 11) is 0. The lowest BCUT2D eigenvalue weighted by atomic mass is 10.2. The molecule has 7 nitrogen and oxygen atoms in total. The van der Waals surface area contributed by atoms with Gasteiger partial charge in [0.25, 0.3) is 5.56 Å². The number of anilines is 1. The summed E-state index contributed by atoms with van der Waals surface area (Å²) in [6.07, 6.45) is 1.30. The highest BCUT2D eigenvalue weighted by molar-refractivity contribution is 5.73. The Labute approximate surface area is 162 Å². The maximum Gasteiger partial charge on any atom is 0.330 e. The van der Waals surface area contributed by atoms with Crippen LogP contribution in [0.25, 0.3) is 11.0 Å². The van der Waals surface area contributed by atoms with Crippen molar-refractivity contribution in [3.8, 4) is 0 Å². The van der Waals surface area contributed by atoms with E-state index in [1.54, 1.807) is 0 Å². The van der Waals surface area contributed by atoms with Crippen LogP contribution in [-0.2, 0) is 13.1 Å². The van der Waals surface area contributed by atoms with Gasteiger partial charge >= 0.3 is 5.69 Å². The van der Waals surface area contributed by atoms with Crippen molar-refractivity contribution in [2.45, 2.75) is 13.1 Å². The summed E-state index contributed by atoms with van der Waals surface area (Å²) in [5.41, 5.74) is 0.140. The molecule has 0 aliphatic heterocycles. The number of hydrogen-bond acceptors (Lipinski definition) is 5. The van der Waals surface area contributed by atoms with E-state index >= 15 is 0 Å². The molecular weight excluding hydrogens is 380 g/mol. The molecule has 4 aromatic rings. The third-order valence-electron chi connectivity index (χ3n) is 4.29. The van der Waals surface area contributed by atoms with Gasteiger partial charge in [-0.15, -0.1) is 0 Å². The molecule has 146 valence electrons. The zero-order valence-electron chi connectivity index (χ0n) is 15.0. The van der Waals surface area contributed by atoms with Crippen LogP contribution in [0.1, 0.15) is 11.1 Å². The van der Waals surface area contributed by atoms with Crippen LogP contribution in [0.2, 0.25) is 0 Å². The van der Waals surface area contributed by atoms with Crippen molar-refractivity contribution in [3.63, 3.8) is 0 Å². The lowest BCUT2D eigenvalue weighted by Crippen LogP contribution is -2.35. The molecule has 2 N–H and O–H groups in total. The predicted molar refractivity (Wildman–Crippen MR) is 104 cm³/mol. The number of nitrogens with one attached hydrogen (secondary N) is 2. The highest BCUT2D eigenvalue weighted by Crippen LogP contribution is 2.11. The average molecular weight is 395 g/mol.